The van der Waals surface area contributed by atoms with E-state index in [1.807, 2.05) is 42.5 Å². The number of hydrogen-bond donors (Lipinski definition) is 2. The molecular formula is C21H22N2O4S. The van der Waals surface area contributed by atoms with Crippen molar-refractivity contribution in [1.82, 2.24) is 4.72 Å². The van der Waals surface area contributed by atoms with Crippen LogP contribution in [0.15, 0.2) is 65.6 Å². The number of sulfonamides is 1. The quantitative estimate of drug-likeness (QED) is 0.661. The largest absolute Gasteiger partial charge is 0.495 e. The maximum absolute atomic E-state index is 12.9. The van der Waals surface area contributed by atoms with Crippen molar-refractivity contribution in [1.29, 1.82) is 0 Å². The highest BCUT2D eigenvalue weighted by Crippen LogP contribution is 2.29. The van der Waals surface area contributed by atoms with E-state index in [1.54, 1.807) is 6.92 Å². The summed E-state index contributed by atoms with van der Waals surface area (Å²) in [5.74, 6) is 0.0705. The minimum Gasteiger partial charge on any atom is -0.495 e. The Morgan fingerprint density at radius 2 is 1.75 bits per heavy atom. The molecule has 3 aromatic rings. The van der Waals surface area contributed by atoms with E-state index in [9.17, 15) is 13.2 Å². The van der Waals surface area contributed by atoms with Gasteiger partial charge in [0.25, 0.3) is 0 Å². The zero-order valence-corrected chi connectivity index (χ0v) is 16.7. The van der Waals surface area contributed by atoms with E-state index in [0.717, 1.165) is 16.3 Å². The maximum Gasteiger partial charge on any atom is 0.241 e. The van der Waals surface area contributed by atoms with Gasteiger partial charge in [-0.3, -0.25) is 4.79 Å². The van der Waals surface area contributed by atoms with E-state index in [1.165, 1.54) is 32.2 Å². The number of carbonyl (C=O) groups excluding carboxylic acids is 1. The number of anilines is 1. The fraction of sp³-hybridized carbons (Fsp3) is 0.190. The molecule has 0 aliphatic heterocycles. The SMILES string of the molecule is COc1ccc(S(=O)(=O)N[C@@H](C)c2cccc3ccccc23)cc1NC(C)=O. The molecule has 0 aliphatic carbocycles. The lowest BCUT2D eigenvalue weighted by molar-refractivity contribution is -0.114. The third-order valence-corrected chi connectivity index (χ3v) is 5.95. The molecule has 2 N–H and O–H groups in total. The van der Waals surface area contributed by atoms with Crippen molar-refractivity contribution in [3.05, 3.63) is 66.2 Å². The van der Waals surface area contributed by atoms with E-state index in [-0.39, 0.29) is 10.8 Å². The Kier molecular flexibility index (Phi) is 5.67. The molecule has 0 saturated carbocycles. The highest BCUT2D eigenvalue weighted by Gasteiger charge is 2.21. The van der Waals surface area contributed by atoms with Gasteiger partial charge in [0, 0.05) is 13.0 Å². The van der Waals surface area contributed by atoms with E-state index >= 15 is 0 Å². The van der Waals surface area contributed by atoms with Crippen LogP contribution in [0, 0.1) is 0 Å². The lowest BCUT2D eigenvalue weighted by Gasteiger charge is -2.18. The van der Waals surface area contributed by atoms with Gasteiger partial charge in [-0.2, -0.15) is 0 Å². The van der Waals surface area contributed by atoms with Gasteiger partial charge < -0.3 is 10.1 Å². The van der Waals surface area contributed by atoms with Gasteiger partial charge in [-0.15, -0.1) is 0 Å². The zero-order valence-electron chi connectivity index (χ0n) is 15.9. The van der Waals surface area contributed by atoms with Gasteiger partial charge in [0.15, 0.2) is 0 Å². The third-order valence-electron chi connectivity index (χ3n) is 4.41. The number of fused-ring (bicyclic) bond motifs is 1. The maximum atomic E-state index is 12.9. The lowest BCUT2D eigenvalue weighted by Crippen LogP contribution is -2.27. The fourth-order valence-corrected chi connectivity index (χ4v) is 4.38. The number of benzene rings is 3. The molecule has 0 bridgehead atoms. The third kappa shape index (κ3) is 4.16. The molecule has 6 nitrogen and oxygen atoms in total. The molecule has 3 rings (SSSR count). The Morgan fingerprint density at radius 3 is 2.46 bits per heavy atom. The monoisotopic (exact) mass is 398 g/mol. The molecule has 0 aliphatic rings. The molecule has 1 atom stereocenters. The van der Waals surface area contributed by atoms with Crippen molar-refractivity contribution in [3.8, 4) is 5.75 Å². The molecule has 0 unspecified atom stereocenters. The van der Waals surface area contributed by atoms with Gasteiger partial charge in [0.05, 0.1) is 17.7 Å². The molecular weight excluding hydrogens is 376 g/mol. The van der Waals surface area contributed by atoms with Crippen LogP contribution in [0.25, 0.3) is 10.8 Å². The Labute approximate surface area is 164 Å². The van der Waals surface area contributed by atoms with Crippen molar-refractivity contribution in [3.63, 3.8) is 0 Å². The Balaban J connectivity index is 1.94. The van der Waals surface area contributed by atoms with Crippen LogP contribution in [0.1, 0.15) is 25.5 Å². The summed E-state index contributed by atoms with van der Waals surface area (Å²) in [6, 6.07) is 17.5. The van der Waals surface area contributed by atoms with Crippen molar-refractivity contribution in [2.24, 2.45) is 0 Å². The highest BCUT2D eigenvalue weighted by molar-refractivity contribution is 7.89. The normalized spacial score (nSPS) is 12.5. The molecule has 0 radical (unpaired) electrons. The van der Waals surface area contributed by atoms with E-state index < -0.39 is 16.1 Å². The summed E-state index contributed by atoms with van der Waals surface area (Å²) in [6.07, 6.45) is 0. The van der Waals surface area contributed by atoms with Crippen LogP contribution < -0.4 is 14.8 Å². The zero-order chi connectivity index (χ0) is 20.3. The van der Waals surface area contributed by atoms with E-state index in [4.69, 9.17) is 4.74 Å². The van der Waals surface area contributed by atoms with Crippen molar-refractivity contribution in [2.75, 3.05) is 12.4 Å². The van der Waals surface area contributed by atoms with Crippen molar-refractivity contribution in [2.45, 2.75) is 24.8 Å². The first kappa shape index (κ1) is 19.9. The van der Waals surface area contributed by atoms with Gasteiger partial charge >= 0.3 is 0 Å². The predicted molar refractivity (Wildman–Crippen MR) is 110 cm³/mol. The molecule has 0 saturated heterocycles. The molecule has 3 aromatic carbocycles. The second kappa shape index (κ2) is 8.00. The number of nitrogens with one attached hydrogen (secondary N) is 2. The number of rotatable bonds is 6. The minimum absolute atomic E-state index is 0.0455. The van der Waals surface area contributed by atoms with Gasteiger partial charge in [0.1, 0.15) is 5.75 Å². The van der Waals surface area contributed by atoms with E-state index in [2.05, 4.69) is 10.0 Å². The Morgan fingerprint density at radius 1 is 1.04 bits per heavy atom. The van der Waals surface area contributed by atoms with Crippen LogP contribution >= 0.6 is 0 Å². The van der Waals surface area contributed by atoms with E-state index in [0.29, 0.717) is 11.4 Å². The number of ether oxygens (including phenoxy) is 1. The summed E-state index contributed by atoms with van der Waals surface area (Å²) in [5.41, 5.74) is 1.19. The Bertz CT molecular complexity index is 1120. The van der Waals surface area contributed by atoms with Crippen molar-refractivity contribution < 1.29 is 17.9 Å². The summed E-state index contributed by atoms with van der Waals surface area (Å²) in [7, 11) is -2.36. The van der Waals surface area contributed by atoms with Crippen LogP contribution in [0.5, 0.6) is 5.75 Å². The van der Waals surface area contributed by atoms with Crippen LogP contribution in [-0.4, -0.2) is 21.4 Å². The lowest BCUT2D eigenvalue weighted by atomic mass is 10.0. The second-order valence-corrected chi connectivity index (χ2v) is 8.17. The van der Waals surface area contributed by atoms with Gasteiger partial charge in [-0.05, 0) is 41.5 Å². The number of methoxy groups -OCH3 is 1. The topological polar surface area (TPSA) is 84.5 Å². The smallest absolute Gasteiger partial charge is 0.241 e. The highest BCUT2D eigenvalue weighted by atomic mass is 32.2. The number of amides is 1. The van der Waals surface area contributed by atoms with Crippen LogP contribution in [0.4, 0.5) is 5.69 Å². The van der Waals surface area contributed by atoms with Crippen LogP contribution in [0.3, 0.4) is 0 Å². The summed E-state index contributed by atoms with van der Waals surface area (Å²) in [5, 5.41) is 4.63. The first-order valence-corrected chi connectivity index (χ1v) is 10.3. The van der Waals surface area contributed by atoms with Gasteiger partial charge in [0.2, 0.25) is 15.9 Å². The average Bonchev–Trinajstić information content (AvgIpc) is 2.66. The van der Waals surface area contributed by atoms with Crippen LogP contribution in [0.2, 0.25) is 0 Å². The second-order valence-electron chi connectivity index (χ2n) is 6.45. The molecule has 0 aromatic heterocycles. The molecule has 0 spiro atoms. The summed E-state index contributed by atoms with van der Waals surface area (Å²) in [6.45, 7) is 3.15. The number of carbonyl (C=O) groups is 1. The molecule has 146 valence electrons. The minimum atomic E-state index is -3.82. The predicted octanol–water partition coefficient (Wildman–Crippen LogP) is 3.85. The molecule has 0 fully saturated rings. The fourth-order valence-electron chi connectivity index (χ4n) is 3.13. The van der Waals surface area contributed by atoms with Gasteiger partial charge in [-0.1, -0.05) is 42.5 Å². The number of hydrogen-bond acceptors (Lipinski definition) is 4. The summed E-state index contributed by atoms with van der Waals surface area (Å²) in [4.78, 5) is 11.4. The first-order valence-electron chi connectivity index (χ1n) is 8.77. The molecule has 28 heavy (non-hydrogen) atoms. The standard InChI is InChI=1S/C21H22N2O4S/c1-14(18-10-6-8-16-7-4-5-9-19(16)18)23-28(25,26)17-11-12-21(27-3)20(13-17)22-15(2)24/h4-14,23H,1-3H3,(H,22,24)/t14-/m0/s1. The first-order chi connectivity index (χ1) is 13.3. The van der Waals surface area contributed by atoms with Crippen LogP contribution in [-0.2, 0) is 14.8 Å². The summed E-state index contributed by atoms with van der Waals surface area (Å²) < 4.78 is 33.8. The van der Waals surface area contributed by atoms with Gasteiger partial charge in [-0.25, -0.2) is 13.1 Å². The molecule has 1 amide bonds. The Hall–Kier alpha value is -2.90. The average molecular weight is 398 g/mol. The van der Waals surface area contributed by atoms with Crippen molar-refractivity contribution >= 4 is 32.4 Å². The molecule has 0 heterocycles. The molecule has 7 heteroatoms. The summed E-state index contributed by atoms with van der Waals surface area (Å²) >= 11 is 0.